The Hall–Kier alpha value is -1.59. The zero-order valence-electron chi connectivity index (χ0n) is 12.0. The maximum atomic E-state index is 6.01. The molecule has 0 saturated carbocycles. The highest BCUT2D eigenvalue weighted by molar-refractivity contribution is 9.10. The molecular formula is C16H18BrN3O. The zero-order valence-corrected chi connectivity index (χ0v) is 13.6. The average Bonchev–Trinajstić information content (AvgIpc) is 3.05. The maximum absolute atomic E-state index is 6.01. The summed E-state index contributed by atoms with van der Waals surface area (Å²) in [7, 11) is 0. The first-order chi connectivity index (χ1) is 10.3. The molecule has 0 fully saturated rings. The molecule has 1 N–H and O–H groups in total. The molecule has 0 spiro atoms. The summed E-state index contributed by atoms with van der Waals surface area (Å²) < 4.78 is 8.92. The molecule has 0 aliphatic heterocycles. The number of benzene rings is 1. The third-order valence-electron chi connectivity index (χ3n) is 3.42. The van der Waals surface area contributed by atoms with Gasteiger partial charge in [-0.05, 0) is 35.0 Å². The number of furan rings is 1. The van der Waals surface area contributed by atoms with E-state index in [-0.39, 0.29) is 0 Å². The molecule has 0 aliphatic rings. The molecule has 0 saturated heterocycles. The molecule has 5 heteroatoms. The minimum atomic E-state index is 0.714. The van der Waals surface area contributed by atoms with Crippen LogP contribution in [0.25, 0.3) is 11.0 Å². The number of para-hydroxylation sites is 1. The van der Waals surface area contributed by atoms with Gasteiger partial charge in [0.2, 0.25) is 0 Å². The topological polar surface area (TPSA) is 43.0 Å². The fraction of sp³-hybridized carbons (Fsp3) is 0.312. The molecular weight excluding hydrogens is 330 g/mol. The maximum Gasteiger partial charge on any atom is 0.134 e. The van der Waals surface area contributed by atoms with Crippen molar-refractivity contribution in [2.24, 2.45) is 0 Å². The van der Waals surface area contributed by atoms with Gasteiger partial charge >= 0.3 is 0 Å². The highest BCUT2D eigenvalue weighted by Crippen LogP contribution is 2.26. The number of fused-ring (bicyclic) bond motifs is 1. The Labute approximate surface area is 132 Å². The molecule has 110 valence electrons. The van der Waals surface area contributed by atoms with E-state index in [1.165, 1.54) is 5.56 Å². The second-order valence-electron chi connectivity index (χ2n) is 5.03. The van der Waals surface area contributed by atoms with Crippen LogP contribution in [0.4, 0.5) is 0 Å². The molecule has 2 aromatic heterocycles. The van der Waals surface area contributed by atoms with E-state index < -0.39 is 0 Å². The van der Waals surface area contributed by atoms with Gasteiger partial charge in [0, 0.05) is 17.1 Å². The first-order valence-electron chi connectivity index (χ1n) is 7.16. The lowest BCUT2D eigenvalue weighted by Gasteiger charge is -2.05. The van der Waals surface area contributed by atoms with Gasteiger partial charge in [-0.1, -0.05) is 25.1 Å². The van der Waals surface area contributed by atoms with Crippen LogP contribution in [0.3, 0.4) is 0 Å². The van der Waals surface area contributed by atoms with Crippen LogP contribution in [-0.2, 0) is 13.1 Å². The van der Waals surface area contributed by atoms with Crippen molar-refractivity contribution >= 4 is 26.9 Å². The number of aromatic nitrogens is 2. The van der Waals surface area contributed by atoms with E-state index in [0.29, 0.717) is 6.54 Å². The second-order valence-corrected chi connectivity index (χ2v) is 5.95. The molecule has 21 heavy (non-hydrogen) atoms. The summed E-state index contributed by atoms with van der Waals surface area (Å²) in [6.07, 6.45) is 4.89. The van der Waals surface area contributed by atoms with Crippen molar-refractivity contribution in [2.75, 3.05) is 6.54 Å². The third kappa shape index (κ3) is 3.19. The Balaban J connectivity index is 1.94. The number of nitrogens with one attached hydrogen (secondary N) is 1. The molecule has 0 aliphatic carbocycles. The molecule has 0 atom stereocenters. The van der Waals surface area contributed by atoms with Crippen molar-refractivity contribution in [1.29, 1.82) is 0 Å². The van der Waals surface area contributed by atoms with Crippen LogP contribution in [0.15, 0.2) is 45.5 Å². The molecule has 1 aromatic carbocycles. The van der Waals surface area contributed by atoms with Crippen molar-refractivity contribution in [3.63, 3.8) is 0 Å². The van der Waals surface area contributed by atoms with Gasteiger partial charge in [0.05, 0.1) is 23.8 Å². The van der Waals surface area contributed by atoms with Crippen LogP contribution >= 0.6 is 15.9 Å². The van der Waals surface area contributed by atoms with E-state index in [4.69, 9.17) is 4.42 Å². The van der Waals surface area contributed by atoms with Crippen LogP contribution < -0.4 is 5.32 Å². The number of nitrogens with zero attached hydrogens (tertiary/aromatic N) is 2. The number of hydrogen-bond acceptors (Lipinski definition) is 3. The fourth-order valence-electron chi connectivity index (χ4n) is 2.43. The summed E-state index contributed by atoms with van der Waals surface area (Å²) in [4.78, 5) is 0. The third-order valence-corrected chi connectivity index (χ3v) is 3.83. The van der Waals surface area contributed by atoms with Crippen molar-refractivity contribution in [3.05, 3.63) is 52.5 Å². The fourth-order valence-corrected chi connectivity index (χ4v) is 2.76. The molecule has 3 aromatic rings. The van der Waals surface area contributed by atoms with E-state index >= 15 is 0 Å². The van der Waals surface area contributed by atoms with E-state index in [1.807, 2.05) is 29.1 Å². The zero-order chi connectivity index (χ0) is 14.7. The average molecular weight is 348 g/mol. The van der Waals surface area contributed by atoms with Crippen molar-refractivity contribution in [2.45, 2.75) is 26.4 Å². The van der Waals surface area contributed by atoms with Gasteiger partial charge in [0.25, 0.3) is 0 Å². The van der Waals surface area contributed by atoms with Crippen molar-refractivity contribution in [3.8, 4) is 0 Å². The predicted molar refractivity (Wildman–Crippen MR) is 87.2 cm³/mol. The van der Waals surface area contributed by atoms with E-state index in [0.717, 1.165) is 40.7 Å². The molecule has 3 rings (SSSR count). The minimum absolute atomic E-state index is 0.714. The van der Waals surface area contributed by atoms with Gasteiger partial charge in [-0.25, -0.2) is 0 Å². The van der Waals surface area contributed by atoms with Crippen LogP contribution in [0, 0.1) is 0 Å². The number of halogens is 1. The Morgan fingerprint density at radius 3 is 2.95 bits per heavy atom. The smallest absolute Gasteiger partial charge is 0.134 e. The standard InChI is InChI=1S/C16H18BrN3O/c1-2-7-18-9-16-14(11-20-10-12(17)8-19-20)13-5-3-4-6-15(13)21-16/h3-6,8,10,18H,2,7,9,11H2,1H3. The van der Waals surface area contributed by atoms with Gasteiger partial charge in [-0.2, -0.15) is 5.10 Å². The van der Waals surface area contributed by atoms with E-state index in [2.05, 4.69) is 39.3 Å². The Kier molecular flexibility index (Phi) is 4.41. The minimum Gasteiger partial charge on any atom is -0.459 e. The summed E-state index contributed by atoms with van der Waals surface area (Å²) in [6.45, 7) is 4.61. The summed E-state index contributed by atoms with van der Waals surface area (Å²) in [5, 5.41) is 8.92. The van der Waals surface area contributed by atoms with Crippen LogP contribution in [0.5, 0.6) is 0 Å². The highest BCUT2D eigenvalue weighted by atomic mass is 79.9. The monoisotopic (exact) mass is 347 g/mol. The SMILES string of the molecule is CCCNCc1oc2ccccc2c1Cn1cc(Br)cn1. The first-order valence-corrected chi connectivity index (χ1v) is 7.95. The Morgan fingerprint density at radius 2 is 2.19 bits per heavy atom. The lowest BCUT2D eigenvalue weighted by atomic mass is 10.1. The summed E-state index contributed by atoms with van der Waals surface area (Å²) in [6, 6.07) is 8.17. The molecule has 0 radical (unpaired) electrons. The quantitative estimate of drug-likeness (QED) is 0.686. The first kappa shape index (κ1) is 14.4. The summed E-state index contributed by atoms with van der Waals surface area (Å²) >= 11 is 3.44. The van der Waals surface area contributed by atoms with Gasteiger partial charge in [0.1, 0.15) is 11.3 Å². The molecule has 2 heterocycles. The van der Waals surface area contributed by atoms with E-state index in [1.54, 1.807) is 6.20 Å². The predicted octanol–water partition coefficient (Wildman–Crippen LogP) is 3.94. The van der Waals surface area contributed by atoms with E-state index in [9.17, 15) is 0 Å². The van der Waals surface area contributed by atoms with Crippen molar-refractivity contribution in [1.82, 2.24) is 15.1 Å². The summed E-state index contributed by atoms with van der Waals surface area (Å²) in [5.74, 6) is 0.997. The summed E-state index contributed by atoms with van der Waals surface area (Å²) in [5.41, 5.74) is 2.14. The number of hydrogen-bond donors (Lipinski definition) is 1. The largest absolute Gasteiger partial charge is 0.459 e. The van der Waals surface area contributed by atoms with Gasteiger partial charge in [-0.3, -0.25) is 4.68 Å². The molecule has 0 bridgehead atoms. The lowest BCUT2D eigenvalue weighted by molar-refractivity contribution is 0.502. The van der Waals surface area contributed by atoms with Gasteiger partial charge in [0.15, 0.2) is 0 Å². The highest BCUT2D eigenvalue weighted by Gasteiger charge is 2.14. The molecule has 4 nitrogen and oxygen atoms in total. The van der Waals surface area contributed by atoms with Crippen LogP contribution in [-0.4, -0.2) is 16.3 Å². The van der Waals surface area contributed by atoms with Crippen molar-refractivity contribution < 1.29 is 4.42 Å². The number of rotatable bonds is 6. The normalized spacial score (nSPS) is 11.3. The molecule has 0 amide bonds. The van der Waals surface area contributed by atoms with Crippen LogP contribution in [0.1, 0.15) is 24.7 Å². The van der Waals surface area contributed by atoms with Crippen LogP contribution in [0.2, 0.25) is 0 Å². The second kappa shape index (κ2) is 6.45. The van der Waals surface area contributed by atoms with Gasteiger partial charge < -0.3 is 9.73 Å². The van der Waals surface area contributed by atoms with Gasteiger partial charge in [-0.15, -0.1) is 0 Å². The Morgan fingerprint density at radius 1 is 1.33 bits per heavy atom. The lowest BCUT2D eigenvalue weighted by Crippen LogP contribution is -2.15. The molecule has 0 unspecified atom stereocenters. The Bertz CT molecular complexity index is 732.